The predicted molar refractivity (Wildman–Crippen MR) is 58.8 cm³/mol. The van der Waals surface area contributed by atoms with Gasteiger partial charge in [0.25, 0.3) is 0 Å². The highest BCUT2D eigenvalue weighted by Gasteiger charge is 2.34. The summed E-state index contributed by atoms with van der Waals surface area (Å²) in [5, 5.41) is 0. The van der Waals surface area contributed by atoms with Gasteiger partial charge in [0.2, 0.25) is 0 Å². The monoisotopic (exact) mass is 201 g/mol. The van der Waals surface area contributed by atoms with Crippen molar-refractivity contribution in [2.45, 2.75) is 31.8 Å². The fourth-order valence-corrected chi connectivity index (χ4v) is 2.77. The Labute approximate surface area is 89.9 Å². The van der Waals surface area contributed by atoms with Crippen molar-refractivity contribution in [3.8, 4) is 0 Å². The molecule has 0 aromatic heterocycles. The van der Waals surface area contributed by atoms with Crippen LogP contribution in [0, 0.1) is 0 Å². The molecule has 0 bridgehead atoms. The lowest BCUT2D eigenvalue weighted by atomic mass is 9.87. The number of hydrogen-bond donors (Lipinski definition) is 0. The maximum atomic E-state index is 12.2. The van der Waals surface area contributed by atoms with E-state index < -0.39 is 0 Å². The second kappa shape index (κ2) is 3.46. The zero-order valence-electron chi connectivity index (χ0n) is 8.78. The summed E-state index contributed by atoms with van der Waals surface area (Å²) in [6.45, 7) is 2.05. The molecule has 1 saturated heterocycles. The van der Waals surface area contributed by atoms with E-state index >= 15 is 0 Å². The van der Waals surface area contributed by atoms with Crippen LogP contribution in [0.3, 0.4) is 0 Å². The molecule has 2 heteroatoms. The molecular formula is C13H15NO. The van der Waals surface area contributed by atoms with E-state index in [0.717, 1.165) is 25.1 Å². The first-order valence-electron chi connectivity index (χ1n) is 5.72. The molecule has 2 aliphatic heterocycles. The third-order valence-electron chi connectivity index (χ3n) is 3.57. The minimum absolute atomic E-state index is 0.175. The smallest absolute Gasteiger partial charge is 0.180 e. The molecule has 2 heterocycles. The van der Waals surface area contributed by atoms with Crippen LogP contribution in [-0.2, 0) is 6.54 Å². The molecule has 78 valence electrons. The quantitative estimate of drug-likeness (QED) is 0.641. The summed E-state index contributed by atoms with van der Waals surface area (Å²) >= 11 is 0. The SMILES string of the molecule is O=C1c2ccccc2CN2CCCCC12. The largest absolute Gasteiger partial charge is 0.292 e. The molecule has 1 aromatic carbocycles. The molecule has 2 aliphatic rings. The van der Waals surface area contributed by atoms with Crippen LogP contribution in [0.15, 0.2) is 24.3 Å². The van der Waals surface area contributed by atoms with E-state index in [1.54, 1.807) is 0 Å². The summed E-state index contributed by atoms with van der Waals surface area (Å²) in [5.41, 5.74) is 2.17. The molecule has 1 atom stereocenters. The maximum absolute atomic E-state index is 12.2. The lowest BCUT2D eigenvalue weighted by molar-refractivity contribution is 0.0685. The number of carbonyl (C=O) groups is 1. The lowest BCUT2D eigenvalue weighted by Crippen LogP contribution is -2.47. The van der Waals surface area contributed by atoms with Gasteiger partial charge < -0.3 is 0 Å². The van der Waals surface area contributed by atoms with Gasteiger partial charge in [0, 0.05) is 12.1 Å². The minimum Gasteiger partial charge on any atom is -0.292 e. The Morgan fingerprint density at radius 2 is 2.07 bits per heavy atom. The van der Waals surface area contributed by atoms with Crippen molar-refractivity contribution < 1.29 is 4.79 Å². The molecule has 15 heavy (non-hydrogen) atoms. The van der Waals surface area contributed by atoms with Gasteiger partial charge in [-0.3, -0.25) is 9.69 Å². The highest BCUT2D eigenvalue weighted by molar-refractivity contribution is 6.02. The van der Waals surface area contributed by atoms with Crippen LogP contribution in [-0.4, -0.2) is 23.3 Å². The Balaban J connectivity index is 2.02. The molecule has 0 radical (unpaired) electrons. The van der Waals surface area contributed by atoms with Crippen LogP contribution >= 0.6 is 0 Å². The van der Waals surface area contributed by atoms with Gasteiger partial charge in [0.1, 0.15) is 0 Å². The molecule has 0 spiro atoms. The van der Waals surface area contributed by atoms with E-state index in [4.69, 9.17) is 0 Å². The molecule has 1 unspecified atom stereocenters. The van der Waals surface area contributed by atoms with E-state index in [1.807, 2.05) is 18.2 Å². The van der Waals surface area contributed by atoms with E-state index in [9.17, 15) is 4.79 Å². The predicted octanol–water partition coefficient (Wildman–Crippen LogP) is 2.24. The van der Waals surface area contributed by atoms with Crippen LogP contribution in [0.25, 0.3) is 0 Å². The Hall–Kier alpha value is -1.15. The fourth-order valence-electron chi connectivity index (χ4n) is 2.77. The number of hydrogen-bond acceptors (Lipinski definition) is 2. The van der Waals surface area contributed by atoms with Gasteiger partial charge in [0.15, 0.2) is 5.78 Å². The second-order valence-electron chi connectivity index (χ2n) is 4.50. The molecule has 0 amide bonds. The summed E-state index contributed by atoms with van der Waals surface area (Å²) in [5.74, 6) is 0.344. The number of benzene rings is 1. The fraction of sp³-hybridized carbons (Fsp3) is 0.462. The van der Waals surface area contributed by atoms with Crippen LogP contribution in [0.4, 0.5) is 0 Å². The summed E-state index contributed by atoms with van der Waals surface area (Å²) in [6.07, 6.45) is 3.49. The summed E-state index contributed by atoms with van der Waals surface area (Å²) in [4.78, 5) is 14.6. The third kappa shape index (κ3) is 1.40. The van der Waals surface area contributed by atoms with Gasteiger partial charge in [-0.2, -0.15) is 0 Å². The Morgan fingerprint density at radius 3 is 3.00 bits per heavy atom. The highest BCUT2D eigenvalue weighted by atomic mass is 16.1. The second-order valence-corrected chi connectivity index (χ2v) is 4.50. The number of ketones is 1. The first-order valence-corrected chi connectivity index (χ1v) is 5.72. The number of Topliss-reactive ketones (excluding diaryl/α,β-unsaturated/α-hetero) is 1. The van der Waals surface area contributed by atoms with Crippen LogP contribution in [0.2, 0.25) is 0 Å². The van der Waals surface area contributed by atoms with Gasteiger partial charge in [-0.1, -0.05) is 30.7 Å². The van der Waals surface area contributed by atoms with Gasteiger partial charge in [-0.05, 0) is 24.9 Å². The van der Waals surface area contributed by atoms with Crippen LogP contribution < -0.4 is 0 Å². The summed E-state index contributed by atoms with van der Waals surface area (Å²) < 4.78 is 0. The minimum atomic E-state index is 0.175. The molecule has 2 nitrogen and oxygen atoms in total. The highest BCUT2D eigenvalue weighted by Crippen LogP contribution is 2.28. The van der Waals surface area contributed by atoms with Crippen LogP contribution in [0.5, 0.6) is 0 Å². The summed E-state index contributed by atoms with van der Waals surface area (Å²) in [7, 11) is 0. The Morgan fingerprint density at radius 1 is 1.20 bits per heavy atom. The lowest BCUT2D eigenvalue weighted by Gasteiger charge is -2.38. The van der Waals surface area contributed by atoms with Gasteiger partial charge in [-0.25, -0.2) is 0 Å². The van der Waals surface area contributed by atoms with Crippen molar-refractivity contribution in [2.75, 3.05) is 6.54 Å². The van der Waals surface area contributed by atoms with Crippen molar-refractivity contribution in [3.63, 3.8) is 0 Å². The topological polar surface area (TPSA) is 20.3 Å². The van der Waals surface area contributed by atoms with E-state index in [-0.39, 0.29) is 6.04 Å². The van der Waals surface area contributed by atoms with E-state index in [0.29, 0.717) is 5.78 Å². The number of rotatable bonds is 0. The first-order chi connectivity index (χ1) is 7.36. The van der Waals surface area contributed by atoms with E-state index in [1.165, 1.54) is 18.4 Å². The molecule has 0 N–H and O–H groups in total. The number of piperidine rings is 1. The molecule has 1 aromatic rings. The van der Waals surface area contributed by atoms with Crippen molar-refractivity contribution in [3.05, 3.63) is 35.4 Å². The Kier molecular flexibility index (Phi) is 2.10. The number of carbonyl (C=O) groups excluding carboxylic acids is 1. The Bertz CT molecular complexity index is 399. The van der Waals surface area contributed by atoms with Crippen molar-refractivity contribution in [1.82, 2.24) is 4.90 Å². The molecule has 1 fully saturated rings. The molecule has 3 rings (SSSR count). The normalized spacial score (nSPS) is 25.9. The molecular weight excluding hydrogens is 186 g/mol. The van der Waals surface area contributed by atoms with Gasteiger partial charge in [-0.15, -0.1) is 0 Å². The molecule has 0 aliphatic carbocycles. The molecule has 0 saturated carbocycles. The number of fused-ring (bicyclic) bond motifs is 2. The van der Waals surface area contributed by atoms with Crippen LogP contribution in [0.1, 0.15) is 35.2 Å². The van der Waals surface area contributed by atoms with Gasteiger partial charge in [0.05, 0.1) is 6.04 Å². The number of nitrogens with zero attached hydrogens (tertiary/aromatic N) is 1. The standard InChI is InChI=1S/C13H15NO/c15-13-11-6-2-1-5-10(11)9-14-8-4-3-7-12(13)14/h1-2,5-6,12H,3-4,7-9H2. The maximum Gasteiger partial charge on any atom is 0.180 e. The van der Waals surface area contributed by atoms with E-state index in [2.05, 4.69) is 11.0 Å². The van der Waals surface area contributed by atoms with Gasteiger partial charge >= 0.3 is 0 Å². The zero-order chi connectivity index (χ0) is 10.3. The van der Waals surface area contributed by atoms with Crippen molar-refractivity contribution >= 4 is 5.78 Å². The first kappa shape index (κ1) is 9.10. The van der Waals surface area contributed by atoms with Crippen molar-refractivity contribution in [1.29, 1.82) is 0 Å². The average Bonchev–Trinajstić information content (AvgIpc) is 2.30. The van der Waals surface area contributed by atoms with Crippen molar-refractivity contribution in [2.24, 2.45) is 0 Å². The summed E-state index contributed by atoms with van der Waals surface area (Å²) in [6, 6.07) is 8.22. The third-order valence-corrected chi connectivity index (χ3v) is 3.57. The zero-order valence-corrected chi connectivity index (χ0v) is 8.78. The average molecular weight is 201 g/mol.